The quantitative estimate of drug-likeness (QED) is 0.475. The molecule has 0 radical (unpaired) electrons. The highest BCUT2D eigenvalue weighted by Crippen LogP contribution is 2.34. The minimum Gasteiger partial charge on any atom is -0.495 e. The standard InChI is InChI=1S/C20H17ClN2O4S/c1-11-9-17(19(25)27-11)28-20-22-14-10-12(21)7-8-13(14)18(24)23(20)15-5-3-4-6-16(15)26-2/h3-8,10-11,17H,9H2,1-2H3/t11-,17+/m1/s1. The van der Waals surface area contributed by atoms with E-state index in [0.717, 1.165) is 0 Å². The zero-order valence-electron chi connectivity index (χ0n) is 15.2. The lowest BCUT2D eigenvalue weighted by molar-refractivity contribution is -0.140. The number of para-hydroxylation sites is 2. The van der Waals surface area contributed by atoms with E-state index in [4.69, 9.17) is 21.1 Å². The van der Waals surface area contributed by atoms with Gasteiger partial charge in [-0.25, -0.2) is 4.98 Å². The van der Waals surface area contributed by atoms with E-state index >= 15 is 0 Å². The molecule has 1 aromatic heterocycles. The van der Waals surface area contributed by atoms with Crippen molar-refractivity contribution in [2.45, 2.75) is 29.9 Å². The number of nitrogens with zero attached hydrogens (tertiary/aromatic N) is 2. The van der Waals surface area contributed by atoms with Crippen molar-refractivity contribution in [3.8, 4) is 11.4 Å². The average Bonchev–Trinajstić information content (AvgIpc) is 2.98. The molecule has 8 heteroatoms. The van der Waals surface area contributed by atoms with Gasteiger partial charge in [-0.2, -0.15) is 0 Å². The van der Waals surface area contributed by atoms with E-state index in [0.29, 0.717) is 38.9 Å². The molecule has 1 aliphatic rings. The van der Waals surface area contributed by atoms with Gasteiger partial charge in [0, 0.05) is 11.4 Å². The van der Waals surface area contributed by atoms with Crippen LogP contribution < -0.4 is 10.3 Å². The summed E-state index contributed by atoms with van der Waals surface area (Å²) in [6.07, 6.45) is 0.394. The number of aromatic nitrogens is 2. The predicted octanol–water partition coefficient (Wildman–Crippen LogP) is 3.84. The molecule has 0 saturated carbocycles. The molecular weight excluding hydrogens is 400 g/mol. The van der Waals surface area contributed by atoms with Crippen molar-refractivity contribution in [3.63, 3.8) is 0 Å². The second-order valence-electron chi connectivity index (χ2n) is 6.46. The van der Waals surface area contributed by atoms with Gasteiger partial charge in [-0.15, -0.1) is 0 Å². The van der Waals surface area contributed by atoms with Gasteiger partial charge in [0.05, 0.1) is 23.7 Å². The molecule has 0 N–H and O–H groups in total. The van der Waals surface area contributed by atoms with E-state index in [2.05, 4.69) is 4.98 Å². The van der Waals surface area contributed by atoms with Crippen LogP contribution in [0, 0.1) is 0 Å². The molecule has 2 atom stereocenters. The van der Waals surface area contributed by atoms with Crippen molar-refractivity contribution in [1.29, 1.82) is 0 Å². The van der Waals surface area contributed by atoms with Crippen LogP contribution in [0.1, 0.15) is 13.3 Å². The number of hydrogen-bond acceptors (Lipinski definition) is 6. The summed E-state index contributed by atoms with van der Waals surface area (Å²) in [5, 5.41) is 0.876. The van der Waals surface area contributed by atoms with Crippen molar-refractivity contribution >= 4 is 40.2 Å². The number of esters is 1. The smallest absolute Gasteiger partial charge is 0.319 e. The number of fused-ring (bicyclic) bond motifs is 1. The van der Waals surface area contributed by atoms with Crippen molar-refractivity contribution in [2.75, 3.05) is 7.11 Å². The number of methoxy groups -OCH3 is 1. The molecule has 2 heterocycles. The first-order valence-electron chi connectivity index (χ1n) is 8.71. The number of ether oxygens (including phenoxy) is 2. The van der Waals surface area contributed by atoms with Gasteiger partial charge < -0.3 is 9.47 Å². The lowest BCUT2D eigenvalue weighted by Gasteiger charge is -2.16. The lowest BCUT2D eigenvalue weighted by atomic mass is 10.2. The first-order valence-corrected chi connectivity index (χ1v) is 9.96. The van der Waals surface area contributed by atoms with Crippen LogP contribution in [-0.2, 0) is 9.53 Å². The summed E-state index contributed by atoms with van der Waals surface area (Å²) in [4.78, 5) is 30.2. The average molecular weight is 417 g/mol. The number of carbonyl (C=O) groups excluding carboxylic acids is 1. The van der Waals surface area contributed by atoms with Crippen LogP contribution in [0.15, 0.2) is 52.4 Å². The van der Waals surface area contributed by atoms with Gasteiger partial charge >= 0.3 is 5.97 Å². The normalized spacial score (nSPS) is 19.0. The summed E-state index contributed by atoms with van der Waals surface area (Å²) >= 11 is 7.31. The molecule has 6 nitrogen and oxygen atoms in total. The van der Waals surface area contributed by atoms with Crippen LogP contribution in [0.3, 0.4) is 0 Å². The van der Waals surface area contributed by atoms with Gasteiger partial charge in [-0.1, -0.05) is 35.5 Å². The Balaban J connectivity index is 1.95. The number of thioether (sulfide) groups is 1. The van der Waals surface area contributed by atoms with E-state index in [9.17, 15) is 9.59 Å². The largest absolute Gasteiger partial charge is 0.495 e. The molecular formula is C20H17ClN2O4S. The Hall–Kier alpha value is -2.51. The van der Waals surface area contributed by atoms with Gasteiger partial charge in [0.15, 0.2) is 5.16 Å². The minimum absolute atomic E-state index is 0.161. The van der Waals surface area contributed by atoms with Crippen molar-refractivity contribution < 1.29 is 14.3 Å². The molecule has 4 rings (SSSR count). The first-order chi connectivity index (χ1) is 13.5. The molecule has 1 aliphatic heterocycles. The van der Waals surface area contributed by atoms with Crippen LogP contribution in [-0.4, -0.2) is 34.0 Å². The highest BCUT2D eigenvalue weighted by molar-refractivity contribution is 8.00. The van der Waals surface area contributed by atoms with Gasteiger partial charge in [-0.05, 0) is 37.3 Å². The number of benzene rings is 2. The fourth-order valence-electron chi connectivity index (χ4n) is 3.19. The summed E-state index contributed by atoms with van der Waals surface area (Å²) in [5.74, 6) is 0.230. The summed E-state index contributed by atoms with van der Waals surface area (Å²) in [6, 6.07) is 12.1. The van der Waals surface area contributed by atoms with E-state index < -0.39 is 5.25 Å². The Morgan fingerprint density at radius 1 is 1.25 bits per heavy atom. The SMILES string of the molecule is COc1ccccc1-n1c(S[C@H]2C[C@@H](C)OC2=O)nc2cc(Cl)ccc2c1=O. The van der Waals surface area contributed by atoms with E-state index in [1.165, 1.54) is 16.3 Å². The summed E-state index contributed by atoms with van der Waals surface area (Å²) in [7, 11) is 1.54. The highest BCUT2D eigenvalue weighted by atomic mass is 35.5. The molecule has 1 saturated heterocycles. The highest BCUT2D eigenvalue weighted by Gasteiger charge is 2.34. The molecule has 3 aromatic rings. The zero-order chi connectivity index (χ0) is 19.8. The van der Waals surface area contributed by atoms with Gasteiger partial charge in [0.1, 0.15) is 17.1 Å². The number of carbonyl (C=O) groups is 1. The Labute approximate surface area is 170 Å². The van der Waals surface area contributed by atoms with Crippen LogP contribution in [0.5, 0.6) is 5.75 Å². The molecule has 0 unspecified atom stereocenters. The third-order valence-electron chi connectivity index (χ3n) is 4.50. The molecule has 0 aliphatic carbocycles. The van der Waals surface area contributed by atoms with Gasteiger partial charge in [0.2, 0.25) is 0 Å². The second-order valence-corrected chi connectivity index (χ2v) is 8.06. The van der Waals surface area contributed by atoms with Crippen molar-refractivity contribution in [1.82, 2.24) is 9.55 Å². The van der Waals surface area contributed by atoms with Crippen LogP contribution in [0.4, 0.5) is 0 Å². The molecule has 28 heavy (non-hydrogen) atoms. The number of rotatable bonds is 4. The van der Waals surface area contributed by atoms with Gasteiger partial charge in [-0.3, -0.25) is 14.2 Å². The molecule has 1 fully saturated rings. The third-order valence-corrected chi connectivity index (χ3v) is 5.89. The zero-order valence-corrected chi connectivity index (χ0v) is 16.8. The monoisotopic (exact) mass is 416 g/mol. The maximum absolute atomic E-state index is 13.3. The van der Waals surface area contributed by atoms with Crippen molar-refractivity contribution in [3.05, 3.63) is 57.8 Å². The molecule has 144 valence electrons. The third kappa shape index (κ3) is 3.36. The fraction of sp³-hybridized carbons (Fsp3) is 0.250. The molecule has 2 aromatic carbocycles. The Morgan fingerprint density at radius 3 is 2.75 bits per heavy atom. The van der Waals surface area contributed by atoms with Crippen LogP contribution >= 0.6 is 23.4 Å². The Morgan fingerprint density at radius 2 is 2.04 bits per heavy atom. The van der Waals surface area contributed by atoms with E-state index in [-0.39, 0.29) is 17.6 Å². The predicted molar refractivity (Wildman–Crippen MR) is 109 cm³/mol. The fourth-order valence-corrected chi connectivity index (χ4v) is 4.57. The number of halogens is 1. The molecule has 0 bridgehead atoms. The molecule has 0 spiro atoms. The van der Waals surface area contributed by atoms with Crippen LogP contribution in [0.25, 0.3) is 16.6 Å². The summed E-state index contributed by atoms with van der Waals surface area (Å²) < 4.78 is 12.2. The van der Waals surface area contributed by atoms with E-state index in [1.54, 1.807) is 37.4 Å². The van der Waals surface area contributed by atoms with Crippen LogP contribution in [0.2, 0.25) is 5.02 Å². The summed E-state index contributed by atoms with van der Waals surface area (Å²) in [5.41, 5.74) is 0.778. The maximum atomic E-state index is 13.3. The Bertz CT molecular complexity index is 1130. The van der Waals surface area contributed by atoms with E-state index in [1.807, 2.05) is 19.1 Å². The maximum Gasteiger partial charge on any atom is 0.319 e. The Kier molecular flexibility index (Phi) is 5.03. The first kappa shape index (κ1) is 18.8. The van der Waals surface area contributed by atoms with Crippen molar-refractivity contribution in [2.24, 2.45) is 0 Å². The van der Waals surface area contributed by atoms with Gasteiger partial charge in [0.25, 0.3) is 5.56 Å². The summed E-state index contributed by atoms with van der Waals surface area (Å²) in [6.45, 7) is 1.85. The lowest BCUT2D eigenvalue weighted by Crippen LogP contribution is -2.24. The minimum atomic E-state index is -0.431. The number of hydrogen-bond donors (Lipinski definition) is 0. The molecule has 0 amide bonds. The number of cyclic esters (lactones) is 1. The second kappa shape index (κ2) is 7.48. The topological polar surface area (TPSA) is 70.4 Å².